The molecule has 3 aliphatic rings. The Morgan fingerprint density at radius 3 is 2.77 bits per heavy atom. The molecule has 2 bridgehead atoms. The van der Waals surface area contributed by atoms with E-state index in [0.29, 0.717) is 46.7 Å². The third kappa shape index (κ3) is 4.05. The summed E-state index contributed by atoms with van der Waals surface area (Å²) in [7, 11) is 2.24. The van der Waals surface area contributed by atoms with Gasteiger partial charge in [-0.25, -0.2) is 0 Å². The summed E-state index contributed by atoms with van der Waals surface area (Å²) in [6, 6.07) is 8.12. The molecule has 0 aliphatic carbocycles. The van der Waals surface area contributed by atoms with E-state index < -0.39 is 0 Å². The van der Waals surface area contributed by atoms with Crippen LogP contribution >= 0.6 is 0 Å². The number of amides is 1. The van der Waals surface area contributed by atoms with Crippen molar-refractivity contribution in [2.45, 2.75) is 70.1 Å². The number of piperidine rings is 2. The SMILES string of the molecule is CC(C)[C@H]1CN(c2nc3c(C(=O)NC4CC5CCCC(C4)N5C)cccc3o2)CCN1. The zero-order chi connectivity index (χ0) is 21.5. The van der Waals surface area contributed by atoms with Crippen LogP contribution in [0.2, 0.25) is 0 Å². The summed E-state index contributed by atoms with van der Waals surface area (Å²) in [5.41, 5.74) is 1.97. The number of oxazole rings is 1. The summed E-state index contributed by atoms with van der Waals surface area (Å²) in [4.78, 5) is 22.7. The fourth-order valence-electron chi connectivity index (χ4n) is 5.65. The molecule has 2 unspecified atom stereocenters. The molecule has 31 heavy (non-hydrogen) atoms. The summed E-state index contributed by atoms with van der Waals surface area (Å²) < 4.78 is 6.09. The fourth-order valence-corrected chi connectivity index (χ4v) is 5.65. The van der Waals surface area contributed by atoms with E-state index >= 15 is 0 Å². The van der Waals surface area contributed by atoms with Crippen molar-refractivity contribution in [1.82, 2.24) is 20.5 Å². The van der Waals surface area contributed by atoms with E-state index in [0.717, 1.165) is 32.5 Å². The molecule has 1 amide bonds. The van der Waals surface area contributed by atoms with Crippen molar-refractivity contribution in [2.24, 2.45) is 5.92 Å². The Hall–Kier alpha value is -2.12. The first-order valence-corrected chi connectivity index (χ1v) is 11.9. The Balaban J connectivity index is 1.34. The van der Waals surface area contributed by atoms with E-state index in [1.54, 1.807) is 0 Å². The van der Waals surface area contributed by atoms with Crippen molar-refractivity contribution in [1.29, 1.82) is 0 Å². The molecule has 2 aromatic rings. The van der Waals surface area contributed by atoms with Gasteiger partial charge in [0.25, 0.3) is 11.9 Å². The number of nitrogens with zero attached hydrogens (tertiary/aromatic N) is 3. The highest BCUT2D eigenvalue weighted by molar-refractivity contribution is 6.04. The van der Waals surface area contributed by atoms with E-state index in [9.17, 15) is 4.79 Å². The van der Waals surface area contributed by atoms with Crippen LogP contribution in [0.5, 0.6) is 0 Å². The molecule has 168 valence electrons. The first-order valence-electron chi connectivity index (χ1n) is 11.9. The van der Waals surface area contributed by atoms with Crippen LogP contribution in [0.15, 0.2) is 22.6 Å². The van der Waals surface area contributed by atoms with Gasteiger partial charge in [0.1, 0.15) is 5.52 Å². The maximum atomic E-state index is 13.2. The number of para-hydroxylation sites is 1. The topological polar surface area (TPSA) is 73.6 Å². The van der Waals surface area contributed by atoms with Crippen LogP contribution in [0.1, 0.15) is 56.3 Å². The number of nitrogens with one attached hydrogen (secondary N) is 2. The maximum absolute atomic E-state index is 13.2. The second kappa shape index (κ2) is 8.43. The number of rotatable bonds is 4. The van der Waals surface area contributed by atoms with Gasteiger partial charge >= 0.3 is 0 Å². The third-order valence-electron chi connectivity index (χ3n) is 7.61. The van der Waals surface area contributed by atoms with Gasteiger partial charge in [-0.05, 0) is 50.8 Å². The molecule has 0 spiro atoms. The molecule has 7 heteroatoms. The van der Waals surface area contributed by atoms with Gasteiger partial charge in [-0.1, -0.05) is 26.3 Å². The smallest absolute Gasteiger partial charge is 0.298 e. The second-order valence-electron chi connectivity index (χ2n) is 9.95. The number of hydrogen-bond donors (Lipinski definition) is 2. The van der Waals surface area contributed by atoms with Crippen LogP contribution in [0.4, 0.5) is 6.01 Å². The number of fused-ring (bicyclic) bond motifs is 3. The minimum absolute atomic E-state index is 0.0292. The first-order chi connectivity index (χ1) is 15.0. The highest BCUT2D eigenvalue weighted by atomic mass is 16.4. The lowest BCUT2D eigenvalue weighted by atomic mass is 9.82. The highest BCUT2D eigenvalue weighted by Crippen LogP contribution is 2.33. The Morgan fingerprint density at radius 1 is 1.26 bits per heavy atom. The van der Waals surface area contributed by atoms with Gasteiger partial charge < -0.3 is 24.9 Å². The van der Waals surface area contributed by atoms with E-state index in [4.69, 9.17) is 9.40 Å². The molecule has 1 aromatic carbocycles. The van der Waals surface area contributed by atoms with Crippen LogP contribution < -0.4 is 15.5 Å². The predicted molar refractivity (Wildman–Crippen MR) is 123 cm³/mol. The molecule has 2 N–H and O–H groups in total. The zero-order valence-electron chi connectivity index (χ0n) is 18.9. The Bertz CT molecular complexity index is 927. The number of carbonyl (C=O) groups is 1. The zero-order valence-corrected chi connectivity index (χ0v) is 18.9. The van der Waals surface area contributed by atoms with Crippen LogP contribution in [-0.4, -0.2) is 66.6 Å². The molecule has 3 atom stereocenters. The number of aromatic nitrogens is 1. The second-order valence-corrected chi connectivity index (χ2v) is 9.95. The van der Waals surface area contributed by atoms with Crippen molar-refractivity contribution in [2.75, 3.05) is 31.6 Å². The molecule has 3 fully saturated rings. The molecule has 5 rings (SSSR count). The van der Waals surface area contributed by atoms with Gasteiger partial charge in [-0.15, -0.1) is 0 Å². The van der Waals surface area contributed by atoms with Gasteiger partial charge in [0.15, 0.2) is 5.58 Å². The molecule has 3 aliphatic heterocycles. The van der Waals surface area contributed by atoms with Gasteiger partial charge in [-0.3, -0.25) is 4.79 Å². The van der Waals surface area contributed by atoms with Crippen molar-refractivity contribution in [3.05, 3.63) is 23.8 Å². The summed E-state index contributed by atoms with van der Waals surface area (Å²) in [5.74, 6) is 0.515. The Kier molecular flexibility index (Phi) is 5.65. The normalized spacial score (nSPS) is 29.5. The summed E-state index contributed by atoms with van der Waals surface area (Å²) in [6.07, 6.45) is 5.87. The predicted octanol–water partition coefficient (Wildman–Crippen LogP) is 3.01. The van der Waals surface area contributed by atoms with Crippen LogP contribution in [0, 0.1) is 5.92 Å². The Labute approximate surface area is 184 Å². The van der Waals surface area contributed by atoms with Gasteiger partial charge in [0.05, 0.1) is 5.56 Å². The minimum atomic E-state index is -0.0292. The number of hydrogen-bond acceptors (Lipinski definition) is 6. The highest BCUT2D eigenvalue weighted by Gasteiger charge is 2.36. The van der Waals surface area contributed by atoms with E-state index in [1.165, 1.54) is 19.3 Å². The summed E-state index contributed by atoms with van der Waals surface area (Å²) in [5, 5.41) is 6.88. The van der Waals surface area contributed by atoms with E-state index in [1.807, 2.05) is 18.2 Å². The lowest BCUT2D eigenvalue weighted by molar-refractivity contribution is 0.0463. The van der Waals surface area contributed by atoms with E-state index in [2.05, 4.69) is 41.3 Å². The van der Waals surface area contributed by atoms with Gasteiger partial charge in [0, 0.05) is 43.8 Å². The van der Waals surface area contributed by atoms with Crippen molar-refractivity contribution >= 4 is 23.0 Å². The Morgan fingerprint density at radius 2 is 2.03 bits per heavy atom. The average molecular weight is 426 g/mol. The molecule has 0 saturated carbocycles. The molecule has 7 nitrogen and oxygen atoms in total. The molecule has 4 heterocycles. The van der Waals surface area contributed by atoms with Crippen molar-refractivity contribution in [3.63, 3.8) is 0 Å². The lowest BCUT2D eigenvalue weighted by Crippen LogP contribution is -2.55. The molecule has 1 aromatic heterocycles. The first kappa shape index (κ1) is 20.8. The summed E-state index contributed by atoms with van der Waals surface area (Å²) >= 11 is 0. The van der Waals surface area contributed by atoms with Crippen molar-refractivity contribution < 1.29 is 9.21 Å². The molecule has 0 radical (unpaired) electrons. The van der Waals surface area contributed by atoms with E-state index in [-0.39, 0.29) is 11.9 Å². The molecular weight excluding hydrogens is 390 g/mol. The number of benzene rings is 1. The van der Waals surface area contributed by atoms with Gasteiger partial charge in [-0.2, -0.15) is 4.98 Å². The number of piperazine rings is 1. The quantitative estimate of drug-likeness (QED) is 0.785. The standard InChI is InChI=1S/C24H35N5O2/c1-15(2)20-14-29(11-10-25-20)24-27-22-19(8-5-9-21(22)31-24)23(30)26-16-12-17-6-4-7-18(13-16)28(17)3/h5,8-9,15-18,20,25H,4,6-7,10-14H2,1-3H3,(H,26,30)/t16?,17?,18?,20-/m1/s1. The minimum Gasteiger partial charge on any atom is -0.423 e. The van der Waals surface area contributed by atoms with Crippen molar-refractivity contribution in [3.8, 4) is 0 Å². The molecule has 3 saturated heterocycles. The average Bonchev–Trinajstić information content (AvgIpc) is 3.19. The number of anilines is 1. The summed E-state index contributed by atoms with van der Waals surface area (Å²) in [6.45, 7) is 7.09. The van der Waals surface area contributed by atoms with Gasteiger partial charge in [0.2, 0.25) is 0 Å². The van der Waals surface area contributed by atoms with Crippen LogP contribution in [-0.2, 0) is 0 Å². The number of carbonyl (C=O) groups excluding carboxylic acids is 1. The molecular formula is C24H35N5O2. The van der Waals surface area contributed by atoms with Crippen LogP contribution in [0.3, 0.4) is 0 Å². The largest absolute Gasteiger partial charge is 0.423 e. The van der Waals surface area contributed by atoms with Crippen LogP contribution in [0.25, 0.3) is 11.1 Å². The third-order valence-corrected chi connectivity index (χ3v) is 7.61. The maximum Gasteiger partial charge on any atom is 0.298 e. The fraction of sp³-hybridized carbons (Fsp3) is 0.667. The monoisotopic (exact) mass is 425 g/mol. The lowest BCUT2D eigenvalue weighted by Gasteiger charge is -2.47.